The summed E-state index contributed by atoms with van der Waals surface area (Å²) in [5, 5.41) is 0. The summed E-state index contributed by atoms with van der Waals surface area (Å²) < 4.78 is 11.1. The molecule has 2 rings (SSSR count). The van der Waals surface area contributed by atoms with Crippen molar-refractivity contribution >= 4 is 21.8 Å². The molecule has 0 spiro atoms. The molecule has 0 saturated heterocycles. The number of carbonyl (C=O) groups is 1. The zero-order valence-electron chi connectivity index (χ0n) is 11.1. The van der Waals surface area contributed by atoms with E-state index in [0.29, 0.717) is 16.8 Å². The van der Waals surface area contributed by atoms with E-state index in [4.69, 9.17) is 8.83 Å². The average molecular weight is 326 g/mol. The van der Waals surface area contributed by atoms with Gasteiger partial charge in [0.2, 0.25) is 0 Å². The van der Waals surface area contributed by atoms with Crippen LogP contribution in [0.3, 0.4) is 0 Å². The van der Waals surface area contributed by atoms with Gasteiger partial charge in [0.15, 0.2) is 4.67 Å². The van der Waals surface area contributed by atoms with Gasteiger partial charge in [-0.05, 0) is 54.9 Å². The van der Waals surface area contributed by atoms with Crippen LogP contribution < -0.4 is 0 Å². The van der Waals surface area contributed by atoms with E-state index in [-0.39, 0.29) is 11.9 Å². The Balaban J connectivity index is 2.21. The summed E-state index contributed by atoms with van der Waals surface area (Å²) in [6, 6.07) is 5.52. The van der Waals surface area contributed by atoms with Crippen LogP contribution in [0.15, 0.2) is 38.0 Å². The second kappa shape index (κ2) is 5.65. The van der Waals surface area contributed by atoms with Gasteiger partial charge in [0.05, 0.1) is 18.4 Å². The van der Waals surface area contributed by atoms with Gasteiger partial charge in [-0.3, -0.25) is 4.79 Å². The first kappa shape index (κ1) is 13.9. The minimum absolute atomic E-state index is 0.0692. The lowest BCUT2D eigenvalue weighted by Crippen LogP contribution is -2.36. The van der Waals surface area contributed by atoms with Gasteiger partial charge in [-0.1, -0.05) is 0 Å². The van der Waals surface area contributed by atoms with Crippen molar-refractivity contribution in [1.29, 1.82) is 0 Å². The number of amides is 1. The van der Waals surface area contributed by atoms with Crippen molar-refractivity contribution in [3.8, 4) is 0 Å². The average Bonchev–Trinajstić information content (AvgIpc) is 2.94. The van der Waals surface area contributed by atoms with Crippen LogP contribution in [0.5, 0.6) is 0 Å². The first-order chi connectivity index (χ1) is 8.99. The molecule has 0 N–H and O–H groups in total. The third-order valence-electron chi connectivity index (χ3n) is 2.85. The van der Waals surface area contributed by atoms with Crippen LogP contribution in [-0.4, -0.2) is 16.8 Å². The second-order valence-electron chi connectivity index (χ2n) is 4.65. The SMILES string of the molecule is Cc1ccc(CN(C(=O)c2ccoc2Br)C(C)C)o1. The molecule has 0 bridgehead atoms. The number of carbonyl (C=O) groups excluding carboxylic acids is 1. The maximum absolute atomic E-state index is 12.5. The quantitative estimate of drug-likeness (QED) is 0.853. The molecule has 0 saturated carbocycles. The van der Waals surface area contributed by atoms with E-state index >= 15 is 0 Å². The molecule has 0 aliphatic rings. The summed E-state index contributed by atoms with van der Waals surface area (Å²) in [7, 11) is 0. The van der Waals surface area contributed by atoms with Gasteiger partial charge in [-0.2, -0.15) is 0 Å². The molecule has 0 aliphatic carbocycles. The number of hydrogen-bond acceptors (Lipinski definition) is 3. The molecule has 2 heterocycles. The molecule has 1 amide bonds. The van der Waals surface area contributed by atoms with E-state index in [0.717, 1.165) is 11.5 Å². The first-order valence-electron chi connectivity index (χ1n) is 6.08. The zero-order valence-corrected chi connectivity index (χ0v) is 12.7. The van der Waals surface area contributed by atoms with E-state index in [1.165, 1.54) is 6.26 Å². The van der Waals surface area contributed by atoms with Crippen molar-refractivity contribution in [3.63, 3.8) is 0 Å². The van der Waals surface area contributed by atoms with Crippen LogP contribution >= 0.6 is 15.9 Å². The van der Waals surface area contributed by atoms with Crippen LogP contribution in [0, 0.1) is 6.92 Å². The largest absolute Gasteiger partial charge is 0.464 e. The van der Waals surface area contributed by atoms with E-state index in [9.17, 15) is 4.79 Å². The maximum Gasteiger partial charge on any atom is 0.258 e. The fourth-order valence-corrected chi connectivity index (χ4v) is 2.24. The molecule has 102 valence electrons. The van der Waals surface area contributed by atoms with E-state index in [1.807, 2.05) is 32.9 Å². The number of halogens is 1. The maximum atomic E-state index is 12.5. The smallest absolute Gasteiger partial charge is 0.258 e. The number of hydrogen-bond donors (Lipinski definition) is 0. The van der Waals surface area contributed by atoms with Crippen molar-refractivity contribution in [2.24, 2.45) is 0 Å². The molecule has 2 aromatic rings. The first-order valence-corrected chi connectivity index (χ1v) is 6.87. The summed E-state index contributed by atoms with van der Waals surface area (Å²) >= 11 is 3.24. The Morgan fingerprint density at radius 3 is 2.58 bits per heavy atom. The Labute approximate surface area is 120 Å². The molecule has 4 nitrogen and oxygen atoms in total. The van der Waals surface area contributed by atoms with Gasteiger partial charge in [-0.15, -0.1) is 0 Å². The van der Waals surface area contributed by atoms with Gasteiger partial charge < -0.3 is 13.7 Å². The van der Waals surface area contributed by atoms with E-state index < -0.39 is 0 Å². The molecule has 5 heteroatoms. The van der Waals surface area contributed by atoms with Crippen molar-refractivity contribution in [2.45, 2.75) is 33.4 Å². The Morgan fingerprint density at radius 2 is 2.11 bits per heavy atom. The molecule has 0 fully saturated rings. The summed E-state index contributed by atoms with van der Waals surface area (Å²) in [6.45, 7) is 6.28. The summed E-state index contributed by atoms with van der Waals surface area (Å²) in [5.74, 6) is 1.54. The second-order valence-corrected chi connectivity index (χ2v) is 5.37. The topological polar surface area (TPSA) is 46.6 Å². The molecular formula is C14H16BrNO3. The lowest BCUT2D eigenvalue weighted by Gasteiger charge is -2.25. The molecule has 2 aromatic heterocycles. The van der Waals surface area contributed by atoms with E-state index in [2.05, 4.69) is 15.9 Å². The van der Waals surface area contributed by atoms with Crippen molar-refractivity contribution in [3.05, 3.63) is 46.2 Å². The van der Waals surface area contributed by atoms with Crippen molar-refractivity contribution in [2.75, 3.05) is 0 Å². The number of furan rings is 2. The van der Waals surface area contributed by atoms with Crippen LogP contribution in [0.1, 0.15) is 35.7 Å². The molecule has 0 unspecified atom stereocenters. The normalized spacial score (nSPS) is 11.0. The highest BCUT2D eigenvalue weighted by Gasteiger charge is 2.23. The number of nitrogens with zero attached hydrogens (tertiary/aromatic N) is 1. The number of aryl methyl sites for hydroxylation is 1. The van der Waals surface area contributed by atoms with Gasteiger partial charge in [0, 0.05) is 6.04 Å². The van der Waals surface area contributed by atoms with Crippen LogP contribution in [-0.2, 0) is 6.54 Å². The fourth-order valence-electron chi connectivity index (χ4n) is 1.83. The minimum atomic E-state index is -0.0790. The van der Waals surface area contributed by atoms with Gasteiger partial charge in [0.1, 0.15) is 11.5 Å². The lowest BCUT2D eigenvalue weighted by molar-refractivity contribution is 0.0673. The molecule has 0 aliphatic heterocycles. The standard InChI is InChI=1S/C14H16BrNO3/c1-9(2)16(8-11-5-4-10(3)19-11)14(17)12-6-7-18-13(12)15/h4-7,9H,8H2,1-3H3. The Kier molecular flexibility index (Phi) is 4.14. The third kappa shape index (κ3) is 3.10. The highest BCUT2D eigenvalue weighted by atomic mass is 79.9. The highest BCUT2D eigenvalue weighted by molar-refractivity contribution is 9.10. The minimum Gasteiger partial charge on any atom is -0.464 e. The zero-order chi connectivity index (χ0) is 14.0. The molecule has 19 heavy (non-hydrogen) atoms. The van der Waals surface area contributed by atoms with E-state index in [1.54, 1.807) is 11.0 Å². The summed E-state index contributed by atoms with van der Waals surface area (Å²) in [4.78, 5) is 14.2. The lowest BCUT2D eigenvalue weighted by atomic mass is 10.2. The fraction of sp³-hybridized carbons (Fsp3) is 0.357. The van der Waals surface area contributed by atoms with Gasteiger partial charge >= 0.3 is 0 Å². The molecule has 0 radical (unpaired) electrons. The Morgan fingerprint density at radius 1 is 1.37 bits per heavy atom. The van der Waals surface area contributed by atoms with Crippen molar-refractivity contribution in [1.82, 2.24) is 4.90 Å². The van der Waals surface area contributed by atoms with Crippen LogP contribution in [0.2, 0.25) is 0 Å². The predicted molar refractivity (Wildman–Crippen MR) is 74.9 cm³/mol. The van der Waals surface area contributed by atoms with Crippen LogP contribution in [0.25, 0.3) is 0 Å². The number of rotatable bonds is 4. The van der Waals surface area contributed by atoms with Gasteiger partial charge in [0.25, 0.3) is 5.91 Å². The molecular weight excluding hydrogens is 310 g/mol. The Bertz CT molecular complexity index is 571. The molecule has 0 atom stereocenters. The highest BCUT2D eigenvalue weighted by Crippen LogP contribution is 2.22. The third-order valence-corrected chi connectivity index (χ3v) is 3.47. The molecule has 0 aromatic carbocycles. The predicted octanol–water partition coefficient (Wildman–Crippen LogP) is 3.99. The summed E-state index contributed by atoms with van der Waals surface area (Å²) in [5.41, 5.74) is 0.525. The van der Waals surface area contributed by atoms with Gasteiger partial charge in [-0.25, -0.2) is 0 Å². The van der Waals surface area contributed by atoms with Crippen LogP contribution in [0.4, 0.5) is 0 Å². The monoisotopic (exact) mass is 325 g/mol. The summed E-state index contributed by atoms with van der Waals surface area (Å²) in [6.07, 6.45) is 1.49. The van der Waals surface area contributed by atoms with Crippen molar-refractivity contribution < 1.29 is 13.6 Å². The Hall–Kier alpha value is -1.49.